The van der Waals surface area contributed by atoms with Gasteiger partial charge in [-0.3, -0.25) is 0 Å². The van der Waals surface area contributed by atoms with Crippen molar-refractivity contribution in [3.05, 3.63) is 0 Å². The summed E-state index contributed by atoms with van der Waals surface area (Å²) in [6.45, 7) is 7.68. The predicted molar refractivity (Wildman–Crippen MR) is 79.6 cm³/mol. The third-order valence-electron chi connectivity index (χ3n) is 2.76. The van der Waals surface area contributed by atoms with Crippen LogP contribution in [0.1, 0.15) is 39.5 Å². The monoisotopic (exact) mass is 306 g/mol. The number of rotatable bonds is 16. The van der Waals surface area contributed by atoms with Gasteiger partial charge in [-0.1, -0.05) is 26.7 Å². The van der Waals surface area contributed by atoms with Crippen molar-refractivity contribution in [2.45, 2.75) is 45.6 Å². The molecule has 0 amide bonds. The van der Waals surface area contributed by atoms with E-state index in [0.29, 0.717) is 39.5 Å². The van der Waals surface area contributed by atoms with Gasteiger partial charge in [0.2, 0.25) is 0 Å². The van der Waals surface area contributed by atoms with Crippen molar-refractivity contribution in [1.29, 1.82) is 0 Å². The van der Waals surface area contributed by atoms with E-state index in [1.54, 1.807) is 0 Å². The number of aliphatic carboxylic acids is 1. The SMILES string of the molecule is CCCCOCCOCCOCCOC(CCC)C(=O)O. The second-order valence-corrected chi connectivity index (χ2v) is 4.68. The molecule has 6 heteroatoms. The van der Waals surface area contributed by atoms with Crippen molar-refractivity contribution >= 4 is 5.97 Å². The molecule has 0 radical (unpaired) electrons. The first-order chi connectivity index (χ1) is 10.2. The van der Waals surface area contributed by atoms with Crippen LogP contribution in [0.3, 0.4) is 0 Å². The Bertz CT molecular complexity index is 234. The molecule has 0 fully saturated rings. The smallest absolute Gasteiger partial charge is 0.332 e. The van der Waals surface area contributed by atoms with Gasteiger partial charge < -0.3 is 24.1 Å². The van der Waals surface area contributed by atoms with Gasteiger partial charge in [0.25, 0.3) is 0 Å². The molecule has 0 saturated heterocycles. The summed E-state index contributed by atoms with van der Waals surface area (Å²) in [7, 11) is 0. The summed E-state index contributed by atoms with van der Waals surface area (Å²) in [6, 6.07) is 0. The lowest BCUT2D eigenvalue weighted by molar-refractivity contribution is -0.151. The van der Waals surface area contributed by atoms with Crippen molar-refractivity contribution < 1.29 is 28.8 Å². The fourth-order valence-electron chi connectivity index (χ4n) is 1.58. The van der Waals surface area contributed by atoms with Crippen LogP contribution in [0.5, 0.6) is 0 Å². The minimum Gasteiger partial charge on any atom is -0.479 e. The van der Waals surface area contributed by atoms with Crippen LogP contribution in [0.15, 0.2) is 0 Å². The fourth-order valence-corrected chi connectivity index (χ4v) is 1.58. The molecule has 0 aromatic rings. The summed E-state index contributed by atoms with van der Waals surface area (Å²) < 4.78 is 21.2. The highest BCUT2D eigenvalue weighted by atomic mass is 16.6. The van der Waals surface area contributed by atoms with Crippen LogP contribution in [-0.4, -0.2) is 63.4 Å². The van der Waals surface area contributed by atoms with Crippen molar-refractivity contribution in [2.75, 3.05) is 46.2 Å². The van der Waals surface area contributed by atoms with Gasteiger partial charge in [0, 0.05) is 6.61 Å². The van der Waals surface area contributed by atoms with E-state index >= 15 is 0 Å². The maximum Gasteiger partial charge on any atom is 0.332 e. The largest absolute Gasteiger partial charge is 0.479 e. The zero-order valence-electron chi connectivity index (χ0n) is 13.3. The Balaban J connectivity index is 3.23. The molecule has 0 heterocycles. The van der Waals surface area contributed by atoms with E-state index in [9.17, 15) is 4.79 Å². The van der Waals surface area contributed by atoms with Gasteiger partial charge in [-0.25, -0.2) is 4.79 Å². The van der Waals surface area contributed by atoms with Crippen LogP contribution in [0.2, 0.25) is 0 Å². The topological polar surface area (TPSA) is 74.2 Å². The van der Waals surface area contributed by atoms with Crippen molar-refractivity contribution in [2.24, 2.45) is 0 Å². The molecular weight excluding hydrogens is 276 g/mol. The zero-order valence-corrected chi connectivity index (χ0v) is 13.3. The fraction of sp³-hybridized carbons (Fsp3) is 0.933. The van der Waals surface area contributed by atoms with Crippen LogP contribution >= 0.6 is 0 Å². The molecule has 0 rings (SSSR count). The van der Waals surface area contributed by atoms with E-state index in [1.807, 2.05) is 6.92 Å². The van der Waals surface area contributed by atoms with Gasteiger partial charge in [0.1, 0.15) is 0 Å². The molecule has 6 nitrogen and oxygen atoms in total. The number of hydrogen-bond donors (Lipinski definition) is 1. The first kappa shape index (κ1) is 20.3. The van der Waals surface area contributed by atoms with Gasteiger partial charge in [-0.15, -0.1) is 0 Å². The summed E-state index contributed by atoms with van der Waals surface area (Å²) in [5.74, 6) is -0.914. The Morgan fingerprint density at radius 1 is 0.857 bits per heavy atom. The molecule has 126 valence electrons. The maximum absolute atomic E-state index is 10.8. The number of hydrogen-bond acceptors (Lipinski definition) is 5. The lowest BCUT2D eigenvalue weighted by atomic mass is 10.2. The molecule has 0 spiro atoms. The van der Waals surface area contributed by atoms with Crippen LogP contribution < -0.4 is 0 Å². The Morgan fingerprint density at radius 3 is 1.86 bits per heavy atom. The Morgan fingerprint density at radius 2 is 1.38 bits per heavy atom. The van der Waals surface area contributed by atoms with Gasteiger partial charge in [0.15, 0.2) is 6.10 Å². The highest BCUT2D eigenvalue weighted by Gasteiger charge is 2.15. The van der Waals surface area contributed by atoms with E-state index < -0.39 is 12.1 Å². The zero-order chi connectivity index (χ0) is 15.8. The average molecular weight is 306 g/mol. The second kappa shape index (κ2) is 15.7. The van der Waals surface area contributed by atoms with Gasteiger partial charge in [-0.2, -0.15) is 0 Å². The first-order valence-corrected chi connectivity index (χ1v) is 7.80. The Kier molecular flexibility index (Phi) is 15.2. The summed E-state index contributed by atoms with van der Waals surface area (Å²) in [5, 5.41) is 8.88. The number of ether oxygens (including phenoxy) is 4. The normalized spacial score (nSPS) is 12.5. The molecule has 0 aromatic heterocycles. The number of carbonyl (C=O) groups is 1. The first-order valence-electron chi connectivity index (χ1n) is 7.80. The molecule has 0 bridgehead atoms. The highest BCUT2D eigenvalue weighted by molar-refractivity contribution is 5.72. The minimum atomic E-state index is -0.914. The predicted octanol–water partition coefficient (Wildman–Crippen LogP) is 2.11. The molecule has 0 saturated carbocycles. The summed E-state index contributed by atoms with van der Waals surface area (Å²) in [5.41, 5.74) is 0. The molecular formula is C15H30O6. The van der Waals surface area contributed by atoms with E-state index in [2.05, 4.69) is 6.92 Å². The third kappa shape index (κ3) is 14.0. The van der Waals surface area contributed by atoms with Crippen LogP contribution in [0, 0.1) is 0 Å². The molecule has 1 atom stereocenters. The summed E-state index contributed by atoms with van der Waals surface area (Å²) in [6.07, 6.45) is 2.80. The third-order valence-corrected chi connectivity index (χ3v) is 2.76. The Labute approximate surface area is 127 Å². The Hall–Kier alpha value is -0.690. The minimum absolute atomic E-state index is 0.289. The highest BCUT2D eigenvalue weighted by Crippen LogP contribution is 2.02. The van der Waals surface area contributed by atoms with Crippen LogP contribution in [0.25, 0.3) is 0 Å². The molecule has 1 unspecified atom stereocenters. The molecule has 0 aliphatic rings. The molecule has 0 aromatic carbocycles. The van der Waals surface area contributed by atoms with Crippen LogP contribution in [-0.2, 0) is 23.7 Å². The number of unbranched alkanes of at least 4 members (excludes halogenated alkanes) is 1. The summed E-state index contributed by atoms with van der Waals surface area (Å²) in [4.78, 5) is 10.8. The number of carboxylic acids is 1. The van der Waals surface area contributed by atoms with Gasteiger partial charge in [-0.05, 0) is 12.8 Å². The van der Waals surface area contributed by atoms with Crippen molar-refractivity contribution in [1.82, 2.24) is 0 Å². The lowest BCUT2D eigenvalue weighted by Gasteiger charge is -2.12. The second-order valence-electron chi connectivity index (χ2n) is 4.68. The van der Waals surface area contributed by atoms with Crippen molar-refractivity contribution in [3.8, 4) is 0 Å². The van der Waals surface area contributed by atoms with Crippen LogP contribution in [0.4, 0.5) is 0 Å². The molecule has 0 aliphatic carbocycles. The average Bonchev–Trinajstić information content (AvgIpc) is 2.47. The van der Waals surface area contributed by atoms with Gasteiger partial charge in [0.05, 0.1) is 39.6 Å². The number of carboxylic acid groups (broad SMARTS) is 1. The van der Waals surface area contributed by atoms with E-state index in [-0.39, 0.29) is 6.61 Å². The maximum atomic E-state index is 10.8. The molecule has 21 heavy (non-hydrogen) atoms. The van der Waals surface area contributed by atoms with E-state index in [1.165, 1.54) is 0 Å². The molecule has 0 aliphatic heterocycles. The lowest BCUT2D eigenvalue weighted by Crippen LogP contribution is -2.25. The van der Waals surface area contributed by atoms with Crippen molar-refractivity contribution in [3.63, 3.8) is 0 Å². The quantitative estimate of drug-likeness (QED) is 0.440. The summed E-state index contributed by atoms with van der Waals surface area (Å²) >= 11 is 0. The van der Waals surface area contributed by atoms with E-state index in [4.69, 9.17) is 24.1 Å². The van der Waals surface area contributed by atoms with Gasteiger partial charge >= 0.3 is 5.97 Å². The van der Waals surface area contributed by atoms with E-state index in [0.717, 1.165) is 25.9 Å². The molecule has 1 N–H and O–H groups in total. The standard InChI is InChI=1S/C15H30O6/c1-3-5-7-18-8-9-19-10-11-20-12-13-21-14(6-4-2)15(16)17/h14H,3-13H2,1-2H3,(H,16,17).